The van der Waals surface area contributed by atoms with Gasteiger partial charge < -0.3 is 9.64 Å². The summed E-state index contributed by atoms with van der Waals surface area (Å²) in [5.74, 6) is -0.496. The molecule has 0 unspecified atom stereocenters. The molecule has 4 heteroatoms. The Kier molecular flexibility index (Phi) is 5.05. The van der Waals surface area contributed by atoms with Crippen molar-refractivity contribution in [2.75, 3.05) is 13.2 Å². The quantitative estimate of drug-likeness (QED) is 0.523. The van der Waals surface area contributed by atoms with Crippen molar-refractivity contribution in [3.63, 3.8) is 0 Å². The highest BCUT2D eigenvalue weighted by Crippen LogP contribution is 2.13. The number of nitrogens with zero attached hydrogens (tertiary/aromatic N) is 1. The van der Waals surface area contributed by atoms with Crippen LogP contribution >= 0.6 is 0 Å². The molecule has 0 fully saturated rings. The molecule has 0 aliphatic carbocycles. The Bertz CT molecular complexity index is 253. The fourth-order valence-corrected chi connectivity index (χ4v) is 1.17. The first-order valence-electron chi connectivity index (χ1n) is 4.86. The molecule has 0 aromatic carbocycles. The summed E-state index contributed by atoms with van der Waals surface area (Å²) in [5, 5.41) is 0. The van der Waals surface area contributed by atoms with Crippen LogP contribution in [0.1, 0.15) is 27.7 Å². The molecule has 0 saturated carbocycles. The van der Waals surface area contributed by atoms with Gasteiger partial charge in [-0.3, -0.25) is 9.59 Å². The molecule has 86 valence electrons. The van der Waals surface area contributed by atoms with Crippen LogP contribution in [0.5, 0.6) is 0 Å². The molecule has 0 aromatic heterocycles. The van der Waals surface area contributed by atoms with Crippen LogP contribution in [-0.2, 0) is 14.3 Å². The molecule has 0 atom stereocenters. The second kappa shape index (κ2) is 5.53. The average molecular weight is 213 g/mol. The molecular weight excluding hydrogens is 194 g/mol. The minimum Gasteiger partial charge on any atom is -0.464 e. The summed E-state index contributed by atoms with van der Waals surface area (Å²) in [6.45, 7) is 11.1. The van der Waals surface area contributed by atoms with Crippen LogP contribution < -0.4 is 0 Å². The second-order valence-corrected chi connectivity index (χ2v) is 4.20. The Hall–Kier alpha value is -1.32. The maximum absolute atomic E-state index is 11.5. The maximum atomic E-state index is 11.5. The third-order valence-electron chi connectivity index (χ3n) is 1.87. The van der Waals surface area contributed by atoms with Gasteiger partial charge in [0.05, 0.1) is 6.54 Å². The summed E-state index contributed by atoms with van der Waals surface area (Å²) in [6.07, 6.45) is 1.26. The third kappa shape index (κ3) is 5.20. The van der Waals surface area contributed by atoms with E-state index in [1.807, 2.05) is 20.8 Å². The third-order valence-corrected chi connectivity index (χ3v) is 1.87. The summed E-state index contributed by atoms with van der Waals surface area (Å²) in [6, 6.07) is 0. The highest BCUT2D eigenvalue weighted by atomic mass is 16.5. The number of hydrogen-bond acceptors (Lipinski definition) is 3. The molecule has 0 radical (unpaired) electrons. The van der Waals surface area contributed by atoms with E-state index in [0.717, 1.165) is 0 Å². The zero-order valence-electron chi connectivity index (χ0n) is 9.87. The lowest BCUT2D eigenvalue weighted by atomic mass is 10.1. The Morgan fingerprint density at radius 3 is 2.27 bits per heavy atom. The predicted molar refractivity (Wildman–Crippen MR) is 58.3 cm³/mol. The Balaban J connectivity index is 4.33. The van der Waals surface area contributed by atoms with Crippen LogP contribution in [0.15, 0.2) is 12.7 Å². The standard InChI is InChI=1S/C11H19NO3/c1-6-10(14)12(11(3,4)5)7-8-15-9(2)13/h6H,1,7-8H2,2-5H3. The molecule has 0 N–H and O–H groups in total. The zero-order chi connectivity index (χ0) is 12.1. The van der Waals surface area contributed by atoms with Gasteiger partial charge in [-0.25, -0.2) is 0 Å². The number of esters is 1. The van der Waals surface area contributed by atoms with E-state index < -0.39 is 0 Å². The number of ether oxygens (including phenoxy) is 1. The normalized spacial score (nSPS) is 10.7. The number of rotatable bonds is 4. The van der Waals surface area contributed by atoms with Crippen LogP contribution in [0.3, 0.4) is 0 Å². The maximum Gasteiger partial charge on any atom is 0.302 e. The summed E-state index contributed by atoms with van der Waals surface area (Å²) in [7, 11) is 0. The molecule has 0 spiro atoms. The van der Waals surface area contributed by atoms with Gasteiger partial charge in [0.15, 0.2) is 0 Å². The van der Waals surface area contributed by atoms with Crippen LogP contribution in [-0.4, -0.2) is 35.5 Å². The van der Waals surface area contributed by atoms with Gasteiger partial charge in [0.1, 0.15) is 6.61 Å². The predicted octanol–water partition coefficient (Wildman–Crippen LogP) is 1.36. The Morgan fingerprint density at radius 2 is 1.93 bits per heavy atom. The number of carbonyl (C=O) groups is 2. The number of carbonyl (C=O) groups excluding carboxylic acids is 2. The molecule has 0 aliphatic rings. The first-order valence-corrected chi connectivity index (χ1v) is 4.86. The lowest BCUT2D eigenvalue weighted by molar-refractivity contribution is -0.144. The van der Waals surface area contributed by atoms with E-state index in [1.165, 1.54) is 13.0 Å². The first-order chi connectivity index (χ1) is 6.79. The van der Waals surface area contributed by atoms with Gasteiger partial charge in [-0.05, 0) is 26.8 Å². The lowest BCUT2D eigenvalue weighted by Gasteiger charge is -2.34. The van der Waals surface area contributed by atoms with Crippen molar-refractivity contribution in [1.82, 2.24) is 4.90 Å². The van der Waals surface area contributed by atoms with E-state index in [1.54, 1.807) is 4.90 Å². The molecule has 1 amide bonds. The molecular formula is C11H19NO3. The Labute approximate surface area is 90.9 Å². The average Bonchev–Trinajstić information content (AvgIpc) is 2.09. The van der Waals surface area contributed by atoms with Crippen molar-refractivity contribution in [3.8, 4) is 0 Å². The lowest BCUT2D eigenvalue weighted by Crippen LogP contribution is -2.46. The van der Waals surface area contributed by atoms with E-state index in [2.05, 4.69) is 6.58 Å². The molecule has 0 saturated heterocycles. The smallest absolute Gasteiger partial charge is 0.302 e. The van der Waals surface area contributed by atoms with Gasteiger partial charge in [0.25, 0.3) is 0 Å². The highest BCUT2D eigenvalue weighted by Gasteiger charge is 2.24. The van der Waals surface area contributed by atoms with E-state index >= 15 is 0 Å². The minimum absolute atomic E-state index is 0.158. The summed E-state index contributed by atoms with van der Waals surface area (Å²) in [5.41, 5.74) is -0.300. The van der Waals surface area contributed by atoms with Crippen molar-refractivity contribution in [2.45, 2.75) is 33.2 Å². The van der Waals surface area contributed by atoms with Crippen LogP contribution in [0.25, 0.3) is 0 Å². The second-order valence-electron chi connectivity index (χ2n) is 4.20. The summed E-state index contributed by atoms with van der Waals surface area (Å²) < 4.78 is 4.80. The fourth-order valence-electron chi connectivity index (χ4n) is 1.17. The van der Waals surface area contributed by atoms with Crippen LogP contribution in [0, 0.1) is 0 Å². The van der Waals surface area contributed by atoms with Gasteiger partial charge in [-0.2, -0.15) is 0 Å². The summed E-state index contributed by atoms with van der Waals surface area (Å²) in [4.78, 5) is 23.7. The van der Waals surface area contributed by atoms with Crippen LogP contribution in [0.2, 0.25) is 0 Å². The largest absolute Gasteiger partial charge is 0.464 e. The van der Waals surface area contributed by atoms with Gasteiger partial charge in [-0.15, -0.1) is 0 Å². The van der Waals surface area contributed by atoms with Crippen molar-refractivity contribution >= 4 is 11.9 Å². The molecule has 15 heavy (non-hydrogen) atoms. The monoisotopic (exact) mass is 213 g/mol. The fraction of sp³-hybridized carbons (Fsp3) is 0.636. The van der Waals surface area contributed by atoms with Gasteiger partial charge >= 0.3 is 5.97 Å². The molecule has 0 rings (SSSR count). The topological polar surface area (TPSA) is 46.6 Å². The van der Waals surface area contributed by atoms with Gasteiger partial charge in [0.2, 0.25) is 5.91 Å². The molecule has 0 aliphatic heterocycles. The van der Waals surface area contributed by atoms with Crippen molar-refractivity contribution in [3.05, 3.63) is 12.7 Å². The van der Waals surface area contributed by atoms with Crippen molar-refractivity contribution < 1.29 is 14.3 Å². The number of hydrogen-bond donors (Lipinski definition) is 0. The van der Waals surface area contributed by atoms with E-state index in [4.69, 9.17) is 4.74 Å². The van der Waals surface area contributed by atoms with E-state index in [0.29, 0.717) is 6.54 Å². The Morgan fingerprint density at radius 1 is 1.40 bits per heavy atom. The van der Waals surface area contributed by atoms with Crippen molar-refractivity contribution in [1.29, 1.82) is 0 Å². The molecule has 0 heterocycles. The minimum atomic E-state index is -0.338. The van der Waals surface area contributed by atoms with E-state index in [9.17, 15) is 9.59 Å². The van der Waals surface area contributed by atoms with Gasteiger partial charge in [0, 0.05) is 12.5 Å². The first kappa shape index (κ1) is 13.7. The van der Waals surface area contributed by atoms with Gasteiger partial charge in [-0.1, -0.05) is 6.58 Å². The molecule has 4 nitrogen and oxygen atoms in total. The molecule has 0 aromatic rings. The highest BCUT2D eigenvalue weighted by molar-refractivity contribution is 5.87. The molecule has 0 bridgehead atoms. The van der Waals surface area contributed by atoms with Crippen LogP contribution in [0.4, 0.5) is 0 Å². The van der Waals surface area contributed by atoms with E-state index in [-0.39, 0.29) is 24.0 Å². The number of amides is 1. The van der Waals surface area contributed by atoms with Crippen molar-refractivity contribution in [2.24, 2.45) is 0 Å². The SMILES string of the molecule is C=CC(=O)N(CCOC(C)=O)C(C)(C)C. The zero-order valence-corrected chi connectivity index (χ0v) is 9.87. The summed E-state index contributed by atoms with van der Waals surface area (Å²) >= 11 is 0.